The molecule has 0 aliphatic heterocycles. The van der Waals surface area contributed by atoms with E-state index in [-0.39, 0.29) is 11.4 Å². The molecule has 2 aromatic rings. The number of nitrogens with zero attached hydrogens (tertiary/aromatic N) is 1. The van der Waals surface area contributed by atoms with Crippen molar-refractivity contribution in [3.05, 3.63) is 24.0 Å². The van der Waals surface area contributed by atoms with Gasteiger partial charge in [0.25, 0.3) is 0 Å². The van der Waals surface area contributed by atoms with Gasteiger partial charge in [-0.1, -0.05) is 31.5 Å². The van der Waals surface area contributed by atoms with Gasteiger partial charge in [-0.3, -0.25) is 0 Å². The van der Waals surface area contributed by atoms with E-state index in [0.717, 1.165) is 19.4 Å². The molecule has 4 heteroatoms. The molecule has 0 aliphatic rings. The van der Waals surface area contributed by atoms with Crippen LogP contribution in [-0.2, 0) is 0 Å². The van der Waals surface area contributed by atoms with Crippen LogP contribution in [0.5, 0.6) is 0 Å². The lowest BCUT2D eigenvalue weighted by Crippen LogP contribution is -2.11. The number of benzene rings is 1. The number of aromatic nitrogens is 1. The van der Waals surface area contributed by atoms with E-state index >= 15 is 0 Å². The van der Waals surface area contributed by atoms with Crippen LogP contribution in [-0.4, -0.2) is 11.7 Å². The van der Waals surface area contributed by atoms with E-state index in [1.54, 1.807) is 6.07 Å². The fourth-order valence-electron chi connectivity index (χ4n) is 1.92. The van der Waals surface area contributed by atoms with Crippen LogP contribution in [0.3, 0.4) is 0 Å². The SMILES string of the molecule is CCCC(C)CNc1noc2c(F)cccc12. The third kappa shape index (κ3) is 2.57. The lowest BCUT2D eigenvalue weighted by atomic mass is 10.1. The quantitative estimate of drug-likeness (QED) is 0.857. The molecule has 0 radical (unpaired) electrons. The second-order valence-corrected chi connectivity index (χ2v) is 4.42. The first-order valence-electron chi connectivity index (χ1n) is 6.00. The minimum absolute atomic E-state index is 0.221. The van der Waals surface area contributed by atoms with E-state index in [0.29, 0.717) is 17.1 Å². The predicted molar refractivity (Wildman–Crippen MR) is 66.5 cm³/mol. The molecule has 0 saturated carbocycles. The highest BCUT2D eigenvalue weighted by Crippen LogP contribution is 2.25. The van der Waals surface area contributed by atoms with Crippen LogP contribution in [0.4, 0.5) is 10.2 Å². The van der Waals surface area contributed by atoms with Crippen molar-refractivity contribution in [1.29, 1.82) is 0 Å². The lowest BCUT2D eigenvalue weighted by Gasteiger charge is -2.10. The van der Waals surface area contributed by atoms with Crippen molar-refractivity contribution < 1.29 is 8.91 Å². The molecule has 3 nitrogen and oxygen atoms in total. The molecule has 0 amide bonds. The van der Waals surface area contributed by atoms with Crippen LogP contribution >= 0.6 is 0 Å². The van der Waals surface area contributed by atoms with Crippen LogP contribution in [0.25, 0.3) is 11.0 Å². The first-order chi connectivity index (χ1) is 8.22. The zero-order chi connectivity index (χ0) is 12.3. The number of nitrogens with one attached hydrogen (secondary N) is 1. The second-order valence-electron chi connectivity index (χ2n) is 4.42. The summed E-state index contributed by atoms with van der Waals surface area (Å²) in [4.78, 5) is 0. The van der Waals surface area contributed by atoms with E-state index in [1.165, 1.54) is 6.07 Å². The van der Waals surface area contributed by atoms with E-state index in [4.69, 9.17) is 4.52 Å². The zero-order valence-electron chi connectivity index (χ0n) is 10.2. The normalized spacial score (nSPS) is 12.9. The van der Waals surface area contributed by atoms with E-state index in [2.05, 4.69) is 24.3 Å². The molecular weight excluding hydrogens is 219 g/mol. The van der Waals surface area contributed by atoms with Gasteiger partial charge >= 0.3 is 0 Å². The van der Waals surface area contributed by atoms with Crippen molar-refractivity contribution in [2.75, 3.05) is 11.9 Å². The van der Waals surface area contributed by atoms with Gasteiger partial charge in [-0.05, 0) is 24.5 Å². The first-order valence-corrected chi connectivity index (χ1v) is 6.00. The number of para-hydroxylation sites is 1. The van der Waals surface area contributed by atoms with E-state index in [9.17, 15) is 4.39 Å². The minimum Gasteiger partial charge on any atom is -0.366 e. The van der Waals surface area contributed by atoms with Crippen molar-refractivity contribution >= 4 is 16.8 Å². The van der Waals surface area contributed by atoms with Crippen molar-refractivity contribution in [3.63, 3.8) is 0 Å². The van der Waals surface area contributed by atoms with Gasteiger partial charge in [0, 0.05) is 6.54 Å². The number of anilines is 1. The van der Waals surface area contributed by atoms with Crippen LogP contribution < -0.4 is 5.32 Å². The van der Waals surface area contributed by atoms with Gasteiger partial charge in [0.05, 0.1) is 5.39 Å². The van der Waals surface area contributed by atoms with Gasteiger partial charge in [-0.15, -0.1) is 0 Å². The molecule has 92 valence electrons. The van der Waals surface area contributed by atoms with Gasteiger partial charge < -0.3 is 9.84 Å². The van der Waals surface area contributed by atoms with Crippen LogP contribution in [0.1, 0.15) is 26.7 Å². The highest BCUT2D eigenvalue weighted by atomic mass is 19.1. The van der Waals surface area contributed by atoms with Gasteiger partial charge in [0.1, 0.15) is 0 Å². The Balaban J connectivity index is 2.12. The first kappa shape index (κ1) is 11.9. The third-order valence-corrected chi connectivity index (χ3v) is 2.85. The molecule has 1 N–H and O–H groups in total. The summed E-state index contributed by atoms with van der Waals surface area (Å²) in [6.45, 7) is 5.17. The molecule has 2 rings (SSSR count). The molecule has 0 saturated heterocycles. The van der Waals surface area contributed by atoms with Crippen molar-refractivity contribution in [2.45, 2.75) is 26.7 Å². The van der Waals surface area contributed by atoms with Crippen LogP contribution in [0.2, 0.25) is 0 Å². The number of fused-ring (bicyclic) bond motifs is 1. The number of halogens is 1. The summed E-state index contributed by atoms with van der Waals surface area (Å²) in [5.74, 6) is 0.826. The number of rotatable bonds is 5. The highest BCUT2D eigenvalue weighted by molar-refractivity contribution is 5.88. The van der Waals surface area contributed by atoms with Crippen LogP contribution in [0.15, 0.2) is 22.7 Å². The lowest BCUT2D eigenvalue weighted by molar-refractivity contribution is 0.441. The Bertz CT molecular complexity index is 495. The molecule has 17 heavy (non-hydrogen) atoms. The van der Waals surface area contributed by atoms with Crippen LogP contribution in [0, 0.1) is 11.7 Å². The average Bonchev–Trinajstić information content (AvgIpc) is 2.72. The molecule has 1 aromatic heterocycles. The summed E-state index contributed by atoms with van der Waals surface area (Å²) >= 11 is 0. The monoisotopic (exact) mass is 236 g/mol. The summed E-state index contributed by atoms with van der Waals surface area (Å²) in [5, 5.41) is 7.77. The maximum absolute atomic E-state index is 13.4. The van der Waals surface area contributed by atoms with Gasteiger partial charge in [0.15, 0.2) is 11.6 Å². The molecule has 0 spiro atoms. The van der Waals surface area contributed by atoms with Gasteiger partial charge in [-0.25, -0.2) is 4.39 Å². The highest BCUT2D eigenvalue weighted by Gasteiger charge is 2.11. The maximum Gasteiger partial charge on any atom is 0.204 e. The fraction of sp³-hybridized carbons (Fsp3) is 0.462. The largest absolute Gasteiger partial charge is 0.366 e. The molecule has 1 heterocycles. The topological polar surface area (TPSA) is 38.1 Å². The molecule has 1 atom stereocenters. The Kier molecular flexibility index (Phi) is 3.61. The van der Waals surface area contributed by atoms with E-state index < -0.39 is 0 Å². The second kappa shape index (κ2) is 5.17. The molecule has 0 aliphatic carbocycles. The fourth-order valence-corrected chi connectivity index (χ4v) is 1.92. The predicted octanol–water partition coefficient (Wildman–Crippen LogP) is 3.82. The zero-order valence-corrected chi connectivity index (χ0v) is 10.2. The van der Waals surface area contributed by atoms with Gasteiger partial charge in [-0.2, -0.15) is 0 Å². The van der Waals surface area contributed by atoms with E-state index in [1.807, 2.05) is 6.07 Å². The summed E-state index contributed by atoms with van der Waals surface area (Å²) in [6.07, 6.45) is 2.33. The van der Waals surface area contributed by atoms with Crippen molar-refractivity contribution in [1.82, 2.24) is 5.16 Å². The number of hydrogen-bond acceptors (Lipinski definition) is 3. The standard InChI is InChI=1S/C13H17FN2O/c1-3-5-9(2)8-15-13-10-6-4-7-11(14)12(10)17-16-13/h4,6-7,9H,3,5,8H2,1-2H3,(H,15,16). The Morgan fingerprint density at radius 2 is 2.29 bits per heavy atom. The Hall–Kier alpha value is -1.58. The van der Waals surface area contributed by atoms with Crippen molar-refractivity contribution in [3.8, 4) is 0 Å². The Labute approximate surface area is 100.0 Å². The maximum atomic E-state index is 13.4. The molecule has 0 fully saturated rings. The molecular formula is C13H17FN2O. The van der Waals surface area contributed by atoms with Gasteiger partial charge in [0.2, 0.25) is 5.58 Å². The third-order valence-electron chi connectivity index (χ3n) is 2.85. The minimum atomic E-state index is -0.371. The summed E-state index contributed by atoms with van der Waals surface area (Å²) in [5.41, 5.74) is 0.221. The smallest absolute Gasteiger partial charge is 0.204 e. The summed E-state index contributed by atoms with van der Waals surface area (Å²) in [6, 6.07) is 4.84. The average molecular weight is 236 g/mol. The molecule has 0 bridgehead atoms. The molecule has 1 aromatic carbocycles. The Morgan fingerprint density at radius 1 is 1.47 bits per heavy atom. The molecule has 1 unspecified atom stereocenters. The summed E-state index contributed by atoms with van der Waals surface area (Å²) < 4.78 is 18.3. The summed E-state index contributed by atoms with van der Waals surface area (Å²) in [7, 11) is 0. The van der Waals surface area contributed by atoms with Crippen molar-refractivity contribution in [2.24, 2.45) is 5.92 Å². The Morgan fingerprint density at radius 3 is 3.06 bits per heavy atom. The number of hydrogen-bond donors (Lipinski definition) is 1.